The molecule has 0 fully saturated rings. The number of nitrogens with zero attached hydrogens (tertiary/aromatic N) is 1. The summed E-state index contributed by atoms with van der Waals surface area (Å²) in [5.41, 5.74) is 6.42. The molecule has 2 N–H and O–H groups in total. The van der Waals surface area contributed by atoms with Crippen LogP contribution in [0.3, 0.4) is 0 Å². The van der Waals surface area contributed by atoms with Crippen LogP contribution < -0.4 is 15.2 Å². The number of rotatable bonds is 5. The van der Waals surface area contributed by atoms with Crippen LogP contribution in [0, 0.1) is 0 Å². The molecule has 1 heterocycles. The summed E-state index contributed by atoms with van der Waals surface area (Å²) >= 11 is 0. The Kier molecular flexibility index (Phi) is 4.22. The Morgan fingerprint density at radius 1 is 1.53 bits per heavy atom. The van der Waals surface area contributed by atoms with Crippen LogP contribution in [0.15, 0.2) is 12.3 Å². The minimum Gasteiger partial charge on any atom is -0.491 e. The number of methoxy groups -OCH3 is 1. The van der Waals surface area contributed by atoms with Gasteiger partial charge in [-0.15, -0.1) is 0 Å². The van der Waals surface area contributed by atoms with Crippen LogP contribution in [-0.2, 0) is 0 Å². The Balaban J connectivity index is 2.86. The minimum absolute atomic E-state index is 0.0402. The molecule has 1 rings (SSSR count). The van der Waals surface area contributed by atoms with E-state index in [1.165, 1.54) is 13.3 Å². The fraction of sp³-hybridized carbons (Fsp3) is 0.545. The fourth-order valence-corrected chi connectivity index (χ4v) is 1.15. The smallest absolute Gasteiger partial charge is 0.278 e. The monoisotopic (exact) mass is 246 g/mol. The molecule has 1 unspecified atom stereocenters. The molecule has 0 amide bonds. The predicted octanol–water partition coefficient (Wildman–Crippen LogP) is 2.14. The topological polar surface area (TPSA) is 57.4 Å². The van der Waals surface area contributed by atoms with E-state index < -0.39 is 12.5 Å². The number of ether oxygens (including phenoxy) is 2. The molecule has 6 heteroatoms. The van der Waals surface area contributed by atoms with Gasteiger partial charge in [0.25, 0.3) is 11.8 Å². The SMILES string of the molecule is COc1cc(C(C)N)cnc1OCC(C)(F)F. The molecule has 0 bridgehead atoms. The maximum Gasteiger partial charge on any atom is 0.278 e. The van der Waals surface area contributed by atoms with Gasteiger partial charge < -0.3 is 15.2 Å². The molecule has 0 aliphatic carbocycles. The minimum atomic E-state index is -2.91. The molecule has 0 aliphatic rings. The average molecular weight is 246 g/mol. The van der Waals surface area contributed by atoms with Crippen molar-refractivity contribution in [2.45, 2.75) is 25.8 Å². The lowest BCUT2D eigenvalue weighted by atomic mass is 10.1. The van der Waals surface area contributed by atoms with Crippen molar-refractivity contribution < 1.29 is 18.3 Å². The highest BCUT2D eigenvalue weighted by Crippen LogP contribution is 2.28. The first-order valence-corrected chi connectivity index (χ1v) is 5.13. The molecule has 1 aromatic rings. The van der Waals surface area contributed by atoms with Gasteiger partial charge in [0.05, 0.1) is 7.11 Å². The lowest BCUT2D eigenvalue weighted by Crippen LogP contribution is -2.21. The summed E-state index contributed by atoms with van der Waals surface area (Å²) in [6.07, 6.45) is 1.48. The van der Waals surface area contributed by atoms with Gasteiger partial charge in [-0.1, -0.05) is 0 Å². The lowest BCUT2D eigenvalue weighted by molar-refractivity contribution is -0.0248. The molecule has 17 heavy (non-hydrogen) atoms. The zero-order chi connectivity index (χ0) is 13.1. The van der Waals surface area contributed by atoms with Crippen LogP contribution in [-0.4, -0.2) is 24.6 Å². The van der Waals surface area contributed by atoms with E-state index in [-0.39, 0.29) is 11.9 Å². The molecule has 96 valence electrons. The highest BCUT2D eigenvalue weighted by molar-refractivity contribution is 5.37. The zero-order valence-electron chi connectivity index (χ0n) is 10.0. The Morgan fingerprint density at radius 3 is 2.65 bits per heavy atom. The second-order valence-corrected chi connectivity index (χ2v) is 3.92. The quantitative estimate of drug-likeness (QED) is 0.864. The van der Waals surface area contributed by atoms with Gasteiger partial charge in [-0.25, -0.2) is 13.8 Å². The summed E-state index contributed by atoms with van der Waals surface area (Å²) in [7, 11) is 1.42. The molecule has 4 nitrogen and oxygen atoms in total. The highest BCUT2D eigenvalue weighted by atomic mass is 19.3. The number of alkyl halides is 2. The van der Waals surface area contributed by atoms with Gasteiger partial charge in [0, 0.05) is 19.2 Å². The maximum atomic E-state index is 12.6. The number of hydrogen-bond donors (Lipinski definition) is 1. The van der Waals surface area contributed by atoms with E-state index in [0.717, 1.165) is 12.5 Å². The number of pyridine rings is 1. The van der Waals surface area contributed by atoms with Gasteiger partial charge in [-0.3, -0.25) is 0 Å². The standard InChI is InChI=1S/C11H16F2N2O2/c1-7(14)8-4-9(16-3)10(15-5-8)17-6-11(2,12)13/h4-5,7H,6,14H2,1-3H3. The van der Waals surface area contributed by atoms with Crippen molar-refractivity contribution in [3.8, 4) is 11.6 Å². The molecule has 1 aromatic heterocycles. The van der Waals surface area contributed by atoms with Crippen molar-refractivity contribution in [2.75, 3.05) is 13.7 Å². The first-order chi connectivity index (χ1) is 7.83. The summed E-state index contributed by atoms with van der Waals surface area (Å²) < 4.78 is 35.2. The Labute approximate surface area is 98.7 Å². The molecule has 0 aromatic carbocycles. The van der Waals surface area contributed by atoms with Crippen LogP contribution in [0.25, 0.3) is 0 Å². The van der Waals surface area contributed by atoms with Crippen LogP contribution in [0.5, 0.6) is 11.6 Å². The predicted molar refractivity (Wildman–Crippen MR) is 59.5 cm³/mol. The van der Waals surface area contributed by atoms with Crippen LogP contribution in [0.4, 0.5) is 8.78 Å². The van der Waals surface area contributed by atoms with Crippen molar-refractivity contribution in [3.05, 3.63) is 17.8 Å². The van der Waals surface area contributed by atoms with Gasteiger partial charge in [0.15, 0.2) is 12.4 Å². The van der Waals surface area contributed by atoms with Crippen LogP contribution >= 0.6 is 0 Å². The Hall–Kier alpha value is -1.43. The molecule has 0 spiro atoms. The summed E-state index contributed by atoms with van der Waals surface area (Å²) in [5, 5.41) is 0. The van der Waals surface area contributed by atoms with Crippen LogP contribution in [0.1, 0.15) is 25.5 Å². The molecule has 0 saturated carbocycles. The Morgan fingerprint density at radius 2 is 2.18 bits per heavy atom. The van der Waals surface area contributed by atoms with E-state index >= 15 is 0 Å². The molecular weight excluding hydrogens is 230 g/mol. The third-order valence-electron chi connectivity index (χ3n) is 2.05. The normalized spacial score (nSPS) is 13.3. The average Bonchev–Trinajstić information content (AvgIpc) is 2.24. The van der Waals surface area contributed by atoms with Crippen molar-refractivity contribution in [3.63, 3.8) is 0 Å². The van der Waals surface area contributed by atoms with Gasteiger partial charge in [-0.2, -0.15) is 0 Å². The first kappa shape index (κ1) is 13.6. The lowest BCUT2D eigenvalue weighted by Gasteiger charge is -2.14. The maximum absolute atomic E-state index is 12.6. The second kappa shape index (κ2) is 5.27. The molecular formula is C11H16F2N2O2. The van der Waals surface area contributed by atoms with E-state index in [4.69, 9.17) is 15.2 Å². The van der Waals surface area contributed by atoms with Crippen molar-refractivity contribution in [2.24, 2.45) is 5.73 Å². The second-order valence-electron chi connectivity index (χ2n) is 3.92. The number of halogens is 2. The molecule has 0 saturated heterocycles. The van der Waals surface area contributed by atoms with E-state index in [0.29, 0.717) is 5.75 Å². The Bertz CT molecular complexity index is 378. The fourth-order valence-electron chi connectivity index (χ4n) is 1.15. The van der Waals surface area contributed by atoms with Gasteiger partial charge in [0.1, 0.15) is 0 Å². The number of aromatic nitrogens is 1. The van der Waals surface area contributed by atoms with Gasteiger partial charge >= 0.3 is 0 Å². The van der Waals surface area contributed by atoms with Crippen molar-refractivity contribution in [1.82, 2.24) is 4.98 Å². The summed E-state index contributed by atoms with van der Waals surface area (Å²) in [6.45, 7) is 1.82. The van der Waals surface area contributed by atoms with Gasteiger partial charge in [-0.05, 0) is 18.6 Å². The number of nitrogens with two attached hydrogens (primary N) is 1. The molecule has 0 radical (unpaired) electrons. The third kappa shape index (κ3) is 4.14. The molecule has 0 aliphatic heterocycles. The molecule has 1 atom stereocenters. The third-order valence-corrected chi connectivity index (χ3v) is 2.05. The zero-order valence-corrected chi connectivity index (χ0v) is 10.0. The highest BCUT2D eigenvalue weighted by Gasteiger charge is 2.23. The van der Waals surface area contributed by atoms with E-state index in [1.807, 2.05) is 0 Å². The van der Waals surface area contributed by atoms with E-state index in [9.17, 15) is 8.78 Å². The summed E-state index contributed by atoms with van der Waals surface area (Å²) in [4.78, 5) is 3.91. The van der Waals surface area contributed by atoms with E-state index in [1.54, 1.807) is 13.0 Å². The van der Waals surface area contributed by atoms with Crippen LogP contribution in [0.2, 0.25) is 0 Å². The first-order valence-electron chi connectivity index (χ1n) is 5.13. The summed E-state index contributed by atoms with van der Waals surface area (Å²) in [6, 6.07) is 1.42. The van der Waals surface area contributed by atoms with Crippen molar-refractivity contribution in [1.29, 1.82) is 0 Å². The van der Waals surface area contributed by atoms with Crippen molar-refractivity contribution >= 4 is 0 Å². The van der Waals surface area contributed by atoms with E-state index in [2.05, 4.69) is 4.98 Å². The number of hydrogen-bond acceptors (Lipinski definition) is 4. The van der Waals surface area contributed by atoms with Gasteiger partial charge in [0.2, 0.25) is 0 Å². The summed E-state index contributed by atoms with van der Waals surface area (Å²) in [5.74, 6) is -2.57. The largest absolute Gasteiger partial charge is 0.491 e.